The Hall–Kier alpha value is -0.870. The van der Waals surface area contributed by atoms with Gasteiger partial charge in [0.05, 0.1) is 0 Å². The van der Waals surface area contributed by atoms with E-state index < -0.39 is 0 Å². The molecule has 0 aliphatic carbocycles. The first-order chi connectivity index (χ1) is 9.66. The van der Waals surface area contributed by atoms with Gasteiger partial charge in [0.15, 0.2) is 0 Å². The molecule has 1 aromatic rings. The zero-order valence-electron chi connectivity index (χ0n) is 12.6. The standard InChI is InChI=1S/C16H26N2OS/c1-13(12-15-7-5-11-20-15)18(2)16(19)9-8-14-6-3-4-10-17-14/h5,7,11,13-14,17H,3-4,6,8-10,12H2,1-2H3. The van der Waals surface area contributed by atoms with Crippen LogP contribution in [0.3, 0.4) is 0 Å². The first-order valence-corrected chi connectivity index (χ1v) is 8.56. The molecule has 1 saturated heterocycles. The maximum Gasteiger partial charge on any atom is 0.222 e. The van der Waals surface area contributed by atoms with Crippen molar-refractivity contribution in [3.8, 4) is 0 Å². The van der Waals surface area contributed by atoms with Gasteiger partial charge in [-0.15, -0.1) is 11.3 Å². The Balaban J connectivity index is 1.73. The lowest BCUT2D eigenvalue weighted by atomic mass is 10.00. The van der Waals surface area contributed by atoms with E-state index in [1.165, 1.54) is 24.1 Å². The number of hydrogen-bond donors (Lipinski definition) is 1. The summed E-state index contributed by atoms with van der Waals surface area (Å²) in [6, 6.07) is 5.04. The zero-order chi connectivity index (χ0) is 14.4. The van der Waals surface area contributed by atoms with E-state index in [9.17, 15) is 4.79 Å². The third-order valence-electron chi connectivity index (χ3n) is 4.25. The van der Waals surface area contributed by atoms with Crippen molar-refractivity contribution in [1.82, 2.24) is 10.2 Å². The molecular formula is C16H26N2OS. The molecule has 1 fully saturated rings. The van der Waals surface area contributed by atoms with Crippen LogP contribution in [-0.2, 0) is 11.2 Å². The maximum atomic E-state index is 12.3. The largest absolute Gasteiger partial charge is 0.343 e. The SMILES string of the molecule is CC(Cc1cccs1)N(C)C(=O)CCC1CCCCN1. The second-order valence-electron chi connectivity index (χ2n) is 5.82. The van der Waals surface area contributed by atoms with Crippen LogP contribution in [0, 0.1) is 0 Å². The van der Waals surface area contributed by atoms with Gasteiger partial charge < -0.3 is 10.2 Å². The third-order valence-corrected chi connectivity index (χ3v) is 5.15. The van der Waals surface area contributed by atoms with Gasteiger partial charge >= 0.3 is 0 Å². The molecule has 20 heavy (non-hydrogen) atoms. The summed E-state index contributed by atoms with van der Waals surface area (Å²) >= 11 is 1.77. The average Bonchev–Trinajstić information content (AvgIpc) is 2.98. The van der Waals surface area contributed by atoms with E-state index in [0.29, 0.717) is 12.5 Å². The van der Waals surface area contributed by atoms with E-state index >= 15 is 0 Å². The number of thiophene rings is 1. The van der Waals surface area contributed by atoms with E-state index in [1.54, 1.807) is 11.3 Å². The molecular weight excluding hydrogens is 268 g/mol. The number of likely N-dealkylation sites (N-methyl/N-ethyl adjacent to an activating group) is 1. The molecule has 1 aliphatic heterocycles. The van der Waals surface area contributed by atoms with E-state index in [-0.39, 0.29) is 11.9 Å². The van der Waals surface area contributed by atoms with Crippen molar-refractivity contribution in [3.05, 3.63) is 22.4 Å². The molecule has 2 rings (SSSR count). The Labute approximate surface area is 126 Å². The van der Waals surface area contributed by atoms with Crippen LogP contribution in [0.2, 0.25) is 0 Å². The predicted molar refractivity (Wildman–Crippen MR) is 85.1 cm³/mol. The second kappa shape index (κ2) is 7.79. The molecule has 1 amide bonds. The number of piperidine rings is 1. The fraction of sp³-hybridized carbons (Fsp3) is 0.688. The highest BCUT2D eigenvalue weighted by Crippen LogP contribution is 2.16. The van der Waals surface area contributed by atoms with Gasteiger partial charge in [-0.25, -0.2) is 0 Å². The topological polar surface area (TPSA) is 32.3 Å². The molecule has 1 aliphatic rings. The van der Waals surface area contributed by atoms with Gasteiger partial charge in [0.1, 0.15) is 0 Å². The van der Waals surface area contributed by atoms with Gasteiger partial charge in [0, 0.05) is 36.9 Å². The van der Waals surface area contributed by atoms with Crippen molar-refractivity contribution >= 4 is 17.2 Å². The number of amides is 1. The highest BCUT2D eigenvalue weighted by atomic mass is 32.1. The van der Waals surface area contributed by atoms with E-state index in [2.05, 4.69) is 29.8 Å². The van der Waals surface area contributed by atoms with E-state index in [1.807, 2.05) is 11.9 Å². The summed E-state index contributed by atoms with van der Waals surface area (Å²) in [7, 11) is 1.94. The minimum Gasteiger partial charge on any atom is -0.343 e. The van der Waals surface area contributed by atoms with Gasteiger partial charge in [-0.05, 0) is 44.2 Å². The summed E-state index contributed by atoms with van der Waals surface area (Å²) in [5.41, 5.74) is 0. The number of carbonyl (C=O) groups excluding carboxylic acids is 1. The average molecular weight is 294 g/mol. The van der Waals surface area contributed by atoms with Crippen LogP contribution in [0.25, 0.3) is 0 Å². The molecule has 2 atom stereocenters. The van der Waals surface area contributed by atoms with E-state index in [0.717, 1.165) is 19.4 Å². The lowest BCUT2D eigenvalue weighted by Gasteiger charge is -2.27. The van der Waals surface area contributed by atoms with Crippen LogP contribution in [0.1, 0.15) is 43.9 Å². The summed E-state index contributed by atoms with van der Waals surface area (Å²) in [5, 5.41) is 5.61. The smallest absolute Gasteiger partial charge is 0.222 e. The van der Waals surface area contributed by atoms with Crippen molar-refractivity contribution in [2.24, 2.45) is 0 Å². The monoisotopic (exact) mass is 294 g/mol. The Morgan fingerprint density at radius 2 is 2.40 bits per heavy atom. The Bertz CT molecular complexity index is 399. The lowest BCUT2D eigenvalue weighted by molar-refractivity contribution is -0.131. The van der Waals surface area contributed by atoms with Crippen molar-refractivity contribution in [2.75, 3.05) is 13.6 Å². The fourth-order valence-electron chi connectivity index (χ4n) is 2.75. The minimum absolute atomic E-state index is 0.278. The quantitative estimate of drug-likeness (QED) is 0.874. The molecule has 0 spiro atoms. The molecule has 1 N–H and O–H groups in total. The molecule has 0 saturated carbocycles. The summed E-state index contributed by atoms with van der Waals surface area (Å²) in [6.45, 7) is 3.25. The summed E-state index contributed by atoms with van der Waals surface area (Å²) in [4.78, 5) is 15.5. The molecule has 3 nitrogen and oxygen atoms in total. The van der Waals surface area contributed by atoms with Gasteiger partial charge in [-0.1, -0.05) is 12.5 Å². The van der Waals surface area contributed by atoms with Gasteiger partial charge in [0.25, 0.3) is 0 Å². The number of hydrogen-bond acceptors (Lipinski definition) is 3. The van der Waals surface area contributed by atoms with Crippen LogP contribution in [-0.4, -0.2) is 36.5 Å². The normalized spacial score (nSPS) is 20.6. The Kier molecular flexibility index (Phi) is 6.05. The number of nitrogens with one attached hydrogen (secondary N) is 1. The zero-order valence-corrected chi connectivity index (χ0v) is 13.4. The minimum atomic E-state index is 0.278. The van der Waals surface area contributed by atoms with Crippen LogP contribution in [0.5, 0.6) is 0 Å². The van der Waals surface area contributed by atoms with Gasteiger partial charge in [0.2, 0.25) is 5.91 Å². The Morgan fingerprint density at radius 1 is 1.55 bits per heavy atom. The van der Waals surface area contributed by atoms with E-state index in [4.69, 9.17) is 0 Å². The number of nitrogens with zero attached hydrogens (tertiary/aromatic N) is 1. The van der Waals surface area contributed by atoms with Crippen molar-refractivity contribution in [2.45, 2.75) is 57.5 Å². The Morgan fingerprint density at radius 3 is 3.05 bits per heavy atom. The molecule has 0 radical (unpaired) electrons. The predicted octanol–water partition coefficient (Wildman–Crippen LogP) is 3.06. The molecule has 0 aromatic carbocycles. The van der Waals surface area contributed by atoms with Crippen LogP contribution >= 0.6 is 11.3 Å². The number of rotatable bonds is 6. The second-order valence-corrected chi connectivity index (χ2v) is 6.85. The van der Waals surface area contributed by atoms with Crippen molar-refractivity contribution in [1.29, 1.82) is 0 Å². The maximum absolute atomic E-state index is 12.3. The molecule has 2 heterocycles. The molecule has 0 bridgehead atoms. The molecule has 4 heteroatoms. The number of carbonyl (C=O) groups is 1. The molecule has 1 aromatic heterocycles. The van der Waals surface area contributed by atoms with Gasteiger partial charge in [-0.3, -0.25) is 4.79 Å². The highest BCUT2D eigenvalue weighted by Gasteiger charge is 2.19. The summed E-state index contributed by atoms with van der Waals surface area (Å²) in [6.07, 6.45) is 6.42. The van der Waals surface area contributed by atoms with Crippen LogP contribution in [0.15, 0.2) is 17.5 Å². The van der Waals surface area contributed by atoms with Crippen LogP contribution in [0.4, 0.5) is 0 Å². The summed E-state index contributed by atoms with van der Waals surface area (Å²) in [5.74, 6) is 0.279. The molecule has 112 valence electrons. The third kappa shape index (κ3) is 4.60. The van der Waals surface area contributed by atoms with Crippen molar-refractivity contribution in [3.63, 3.8) is 0 Å². The fourth-order valence-corrected chi connectivity index (χ4v) is 3.57. The summed E-state index contributed by atoms with van der Waals surface area (Å²) < 4.78 is 0. The molecule has 2 unspecified atom stereocenters. The highest BCUT2D eigenvalue weighted by molar-refractivity contribution is 7.09. The lowest BCUT2D eigenvalue weighted by Crippen LogP contribution is -2.38. The first-order valence-electron chi connectivity index (χ1n) is 7.68. The van der Waals surface area contributed by atoms with Crippen LogP contribution < -0.4 is 5.32 Å². The van der Waals surface area contributed by atoms with Gasteiger partial charge in [-0.2, -0.15) is 0 Å². The van der Waals surface area contributed by atoms with Crippen molar-refractivity contribution < 1.29 is 4.79 Å². The first kappa shape index (κ1) is 15.5.